The molecule has 10 nitrogen and oxygen atoms in total. The Morgan fingerprint density at radius 2 is 1.49 bits per heavy atom. The molecule has 1 aliphatic heterocycles. The molecule has 1 atom stereocenters. The molecule has 7 N–H and O–H groups in total. The van der Waals surface area contributed by atoms with Crippen molar-refractivity contribution in [3.05, 3.63) is 40.2 Å². The molecule has 0 saturated carbocycles. The minimum atomic E-state index is -5.08. The van der Waals surface area contributed by atoms with Crippen LogP contribution in [0, 0.1) is 5.92 Å². The van der Waals surface area contributed by atoms with Gasteiger partial charge in [-0.2, -0.15) is 26.3 Å². The SMILES string of the molecule is O=C(O)C(F)(F)F.O=C(O)C(F)(F)F.O=c1ccc2c([C@@H](O)CNCC3CCNCC3)ccc(O)c2[nH]1. The summed E-state index contributed by atoms with van der Waals surface area (Å²) in [6, 6.07) is 6.25. The van der Waals surface area contributed by atoms with E-state index >= 15 is 0 Å². The summed E-state index contributed by atoms with van der Waals surface area (Å²) in [5.41, 5.74) is 0.794. The van der Waals surface area contributed by atoms with E-state index in [1.54, 1.807) is 12.1 Å². The third-order valence-corrected chi connectivity index (χ3v) is 4.98. The largest absolute Gasteiger partial charge is 0.506 e. The topological polar surface area (TPSA) is 172 Å². The van der Waals surface area contributed by atoms with Gasteiger partial charge in [0.25, 0.3) is 0 Å². The average Bonchev–Trinajstić information content (AvgIpc) is 2.80. The number of phenols is 1. The molecule has 2 aromatic rings. The lowest BCUT2D eigenvalue weighted by Gasteiger charge is -2.23. The maximum Gasteiger partial charge on any atom is 0.490 e. The highest BCUT2D eigenvalue weighted by molar-refractivity contribution is 5.87. The smallest absolute Gasteiger partial charge is 0.490 e. The summed E-state index contributed by atoms with van der Waals surface area (Å²) in [6.07, 6.45) is -8.54. The molecular formula is C21H25F6N3O7. The molecule has 2 heterocycles. The zero-order valence-electron chi connectivity index (χ0n) is 19.0. The number of aromatic hydroxyl groups is 1. The molecule has 0 spiro atoms. The van der Waals surface area contributed by atoms with E-state index in [2.05, 4.69) is 15.6 Å². The van der Waals surface area contributed by atoms with E-state index in [9.17, 15) is 41.4 Å². The van der Waals surface area contributed by atoms with Gasteiger partial charge in [-0.05, 0) is 56.1 Å². The number of hydrogen-bond donors (Lipinski definition) is 7. The highest BCUT2D eigenvalue weighted by Crippen LogP contribution is 2.28. The van der Waals surface area contributed by atoms with E-state index in [4.69, 9.17) is 19.8 Å². The van der Waals surface area contributed by atoms with Crippen molar-refractivity contribution >= 4 is 22.8 Å². The van der Waals surface area contributed by atoms with Gasteiger partial charge >= 0.3 is 24.3 Å². The van der Waals surface area contributed by atoms with Gasteiger partial charge in [0.05, 0.1) is 11.6 Å². The number of hydrogen-bond acceptors (Lipinski definition) is 7. The van der Waals surface area contributed by atoms with Crippen molar-refractivity contribution in [1.29, 1.82) is 0 Å². The Kier molecular flexibility index (Phi) is 11.8. The first-order valence-electron chi connectivity index (χ1n) is 10.6. The number of rotatable bonds is 5. The highest BCUT2D eigenvalue weighted by Gasteiger charge is 2.38. The number of alkyl halides is 6. The first kappa shape index (κ1) is 31.7. The van der Waals surface area contributed by atoms with Crippen molar-refractivity contribution in [3.63, 3.8) is 0 Å². The van der Waals surface area contributed by atoms with Gasteiger partial charge in [-0.15, -0.1) is 0 Å². The monoisotopic (exact) mass is 545 g/mol. The van der Waals surface area contributed by atoms with Crippen LogP contribution in [0.5, 0.6) is 5.75 Å². The molecule has 208 valence electrons. The standard InChI is InChI=1S/C17H23N3O3.2C2HF3O2/c21-14-3-1-12(13-2-4-16(23)20-17(13)14)15(22)10-19-9-11-5-7-18-8-6-11;2*3-2(4,5)1(6)7/h1-4,11,15,18-19,21-22H,5-10H2,(H,20,23);2*(H,6,7)/t15-;;/m0../s1. The molecule has 1 aromatic carbocycles. The van der Waals surface area contributed by atoms with E-state index in [0.717, 1.165) is 32.5 Å². The van der Waals surface area contributed by atoms with Gasteiger partial charge in [0, 0.05) is 18.0 Å². The number of H-pyrrole nitrogens is 1. The molecule has 0 radical (unpaired) electrons. The van der Waals surface area contributed by atoms with E-state index < -0.39 is 30.4 Å². The minimum absolute atomic E-state index is 0.0105. The number of carboxylic acids is 2. The number of fused-ring (bicyclic) bond motifs is 1. The van der Waals surface area contributed by atoms with Crippen LogP contribution in [0.3, 0.4) is 0 Å². The number of aliphatic hydroxyl groups excluding tert-OH is 1. The van der Waals surface area contributed by atoms with E-state index in [-0.39, 0.29) is 11.3 Å². The second-order valence-corrected chi connectivity index (χ2v) is 7.76. The molecule has 0 amide bonds. The van der Waals surface area contributed by atoms with Crippen LogP contribution in [-0.2, 0) is 9.59 Å². The molecule has 3 rings (SSSR count). The van der Waals surface area contributed by atoms with Crippen LogP contribution in [0.4, 0.5) is 26.3 Å². The molecule has 0 bridgehead atoms. The van der Waals surface area contributed by atoms with Crippen molar-refractivity contribution < 1.29 is 56.4 Å². The number of halogens is 6. The number of aromatic amines is 1. The summed E-state index contributed by atoms with van der Waals surface area (Å²) in [4.78, 5) is 31.8. The van der Waals surface area contributed by atoms with Crippen molar-refractivity contribution in [1.82, 2.24) is 15.6 Å². The predicted octanol–water partition coefficient (Wildman–Crippen LogP) is 2.12. The van der Waals surface area contributed by atoms with Crippen molar-refractivity contribution in [2.24, 2.45) is 5.92 Å². The summed E-state index contributed by atoms with van der Waals surface area (Å²) in [6.45, 7) is 3.46. The summed E-state index contributed by atoms with van der Waals surface area (Å²) >= 11 is 0. The van der Waals surface area contributed by atoms with Crippen LogP contribution >= 0.6 is 0 Å². The quantitative estimate of drug-likeness (QED) is 0.278. The number of aliphatic hydroxyl groups is 1. The molecule has 1 fully saturated rings. The molecule has 0 unspecified atom stereocenters. The van der Waals surface area contributed by atoms with Crippen LogP contribution in [0.25, 0.3) is 10.9 Å². The summed E-state index contributed by atoms with van der Waals surface area (Å²) in [5.74, 6) is -4.85. The number of carboxylic acid groups (broad SMARTS) is 2. The maximum absolute atomic E-state index is 11.4. The average molecular weight is 545 g/mol. The van der Waals surface area contributed by atoms with Gasteiger partial charge in [0.2, 0.25) is 5.56 Å². The fraction of sp³-hybridized carbons (Fsp3) is 0.476. The van der Waals surface area contributed by atoms with Gasteiger partial charge in [-0.1, -0.05) is 6.07 Å². The van der Waals surface area contributed by atoms with Crippen LogP contribution in [0.15, 0.2) is 29.1 Å². The third kappa shape index (κ3) is 11.1. The zero-order chi connectivity index (χ0) is 28.4. The fourth-order valence-electron chi connectivity index (χ4n) is 3.17. The van der Waals surface area contributed by atoms with Crippen LogP contribution in [0.2, 0.25) is 0 Å². The first-order valence-corrected chi connectivity index (χ1v) is 10.6. The molecule has 1 saturated heterocycles. The molecule has 0 aliphatic carbocycles. The lowest BCUT2D eigenvalue weighted by Crippen LogP contribution is -2.35. The molecule has 1 aromatic heterocycles. The normalized spacial score (nSPS) is 15.1. The Bertz CT molecular complexity index is 1070. The van der Waals surface area contributed by atoms with Gasteiger partial charge in [-0.3, -0.25) is 4.79 Å². The van der Waals surface area contributed by atoms with Crippen molar-refractivity contribution in [3.8, 4) is 5.75 Å². The number of aliphatic carboxylic acids is 2. The molecule has 37 heavy (non-hydrogen) atoms. The molecule has 16 heteroatoms. The fourth-order valence-corrected chi connectivity index (χ4v) is 3.17. The lowest BCUT2D eigenvalue weighted by atomic mass is 9.98. The predicted molar refractivity (Wildman–Crippen MR) is 117 cm³/mol. The third-order valence-electron chi connectivity index (χ3n) is 4.98. The summed E-state index contributed by atoms with van der Waals surface area (Å²) in [7, 11) is 0. The summed E-state index contributed by atoms with van der Waals surface area (Å²) < 4.78 is 63.5. The number of phenolic OH excluding ortho intramolecular Hbond substituents is 1. The number of carbonyl (C=O) groups is 2. The minimum Gasteiger partial charge on any atom is -0.506 e. The van der Waals surface area contributed by atoms with E-state index in [1.165, 1.54) is 12.1 Å². The Hall–Kier alpha value is -3.37. The Labute approximate surface area is 204 Å². The Morgan fingerprint density at radius 1 is 0.973 bits per heavy atom. The van der Waals surface area contributed by atoms with Gasteiger partial charge < -0.3 is 36.0 Å². The van der Waals surface area contributed by atoms with Gasteiger partial charge in [0.15, 0.2) is 0 Å². The number of nitrogens with one attached hydrogen (secondary N) is 3. The van der Waals surface area contributed by atoms with Crippen LogP contribution in [0.1, 0.15) is 24.5 Å². The number of benzene rings is 1. The van der Waals surface area contributed by atoms with Crippen LogP contribution in [-0.4, -0.2) is 75.9 Å². The second-order valence-electron chi connectivity index (χ2n) is 7.76. The summed E-state index contributed by atoms with van der Waals surface area (Å²) in [5, 5.41) is 41.9. The van der Waals surface area contributed by atoms with Gasteiger partial charge in [-0.25, -0.2) is 9.59 Å². The Morgan fingerprint density at radius 3 is 1.97 bits per heavy atom. The first-order chi connectivity index (χ1) is 17.0. The Balaban J connectivity index is 0.000000404. The number of piperidine rings is 1. The van der Waals surface area contributed by atoms with Crippen molar-refractivity contribution in [2.75, 3.05) is 26.2 Å². The lowest BCUT2D eigenvalue weighted by molar-refractivity contribution is -0.193. The van der Waals surface area contributed by atoms with E-state index in [0.29, 0.717) is 28.9 Å². The zero-order valence-corrected chi connectivity index (χ0v) is 19.0. The second kappa shape index (κ2) is 13.8. The maximum atomic E-state index is 11.4. The molecule has 1 aliphatic rings. The highest BCUT2D eigenvalue weighted by atomic mass is 19.4. The van der Waals surface area contributed by atoms with Crippen LogP contribution < -0.4 is 16.2 Å². The molecular weight excluding hydrogens is 520 g/mol. The van der Waals surface area contributed by atoms with Crippen molar-refractivity contribution in [2.45, 2.75) is 31.3 Å². The van der Waals surface area contributed by atoms with E-state index in [1.807, 2.05) is 0 Å². The number of aromatic nitrogens is 1. The number of pyridine rings is 1. The van der Waals surface area contributed by atoms with Gasteiger partial charge in [0.1, 0.15) is 5.75 Å².